The van der Waals surface area contributed by atoms with Gasteiger partial charge >= 0.3 is 0 Å². The van der Waals surface area contributed by atoms with Gasteiger partial charge in [-0.15, -0.1) is 0 Å². The first kappa shape index (κ1) is 13.6. The summed E-state index contributed by atoms with van der Waals surface area (Å²) in [5.41, 5.74) is 2.02. The molecule has 0 saturated heterocycles. The van der Waals surface area contributed by atoms with Crippen LogP contribution < -0.4 is 10.6 Å². The molecule has 0 heterocycles. The van der Waals surface area contributed by atoms with Crippen molar-refractivity contribution in [3.05, 3.63) is 65.0 Å². The van der Waals surface area contributed by atoms with E-state index in [0.29, 0.717) is 11.1 Å². The Bertz CT molecular complexity index is 682. The summed E-state index contributed by atoms with van der Waals surface area (Å²) in [4.78, 5) is 0. The largest absolute Gasteiger partial charge is 0.497 e. The van der Waals surface area contributed by atoms with Gasteiger partial charge < -0.3 is 10.6 Å². The molecule has 20 heavy (non-hydrogen) atoms. The minimum absolute atomic E-state index is 0.349. The molecule has 4 heteroatoms. The molecule has 0 fully saturated rings. The van der Waals surface area contributed by atoms with E-state index in [-0.39, 0.29) is 5.82 Å². The average molecular weight is 268 g/mol. The number of nitrogens with zero attached hydrogens (tertiary/aromatic N) is 1. The van der Waals surface area contributed by atoms with Gasteiger partial charge in [0.1, 0.15) is 11.6 Å². The van der Waals surface area contributed by atoms with Crippen LogP contribution in [0.15, 0.2) is 47.6 Å². The fourth-order valence-electron chi connectivity index (χ4n) is 1.64. The summed E-state index contributed by atoms with van der Waals surface area (Å²) in [5, 5.41) is 3.44. The van der Waals surface area contributed by atoms with Gasteiger partial charge in [0, 0.05) is 16.7 Å². The molecule has 2 rings (SSSR count). The summed E-state index contributed by atoms with van der Waals surface area (Å²) in [6.07, 6.45) is 1.44. The predicted octanol–water partition coefficient (Wildman–Crippen LogP) is 2.53. The van der Waals surface area contributed by atoms with E-state index in [4.69, 9.17) is 10.6 Å². The molecule has 0 atom stereocenters. The highest BCUT2D eigenvalue weighted by molar-refractivity contribution is 5.83. The fourth-order valence-corrected chi connectivity index (χ4v) is 1.64. The number of halogens is 1. The summed E-state index contributed by atoms with van der Waals surface area (Å²) < 4.78 is 18.3. The predicted molar refractivity (Wildman–Crippen MR) is 77.2 cm³/mol. The van der Waals surface area contributed by atoms with E-state index in [0.717, 1.165) is 11.3 Å². The van der Waals surface area contributed by atoms with E-state index in [9.17, 15) is 4.39 Å². The zero-order valence-corrected chi connectivity index (χ0v) is 10.9. The molecule has 0 radical (unpaired) electrons. The number of hydrazone groups is 1. The number of methoxy groups -OCH3 is 1. The van der Waals surface area contributed by atoms with E-state index in [1.165, 1.54) is 18.3 Å². The number of hydrogen-bond acceptors (Lipinski definition) is 3. The van der Waals surface area contributed by atoms with Crippen LogP contribution in [0.3, 0.4) is 0 Å². The zero-order valence-electron chi connectivity index (χ0n) is 10.9. The molecule has 100 valence electrons. The van der Waals surface area contributed by atoms with E-state index in [1.807, 2.05) is 24.3 Å². The Morgan fingerprint density at radius 1 is 1.15 bits per heavy atom. The molecule has 0 aliphatic heterocycles. The highest BCUT2D eigenvalue weighted by Crippen LogP contribution is 2.12. The average Bonchev–Trinajstić information content (AvgIpc) is 2.48. The van der Waals surface area contributed by atoms with Crippen molar-refractivity contribution in [3.63, 3.8) is 0 Å². The Morgan fingerprint density at radius 2 is 1.90 bits per heavy atom. The molecule has 0 unspecified atom stereocenters. The van der Waals surface area contributed by atoms with Crippen molar-refractivity contribution in [1.82, 2.24) is 0 Å². The molecule has 0 spiro atoms. The summed E-state index contributed by atoms with van der Waals surface area (Å²) in [7, 11) is 1.60. The molecule has 2 aromatic carbocycles. The van der Waals surface area contributed by atoms with Crippen LogP contribution in [0.25, 0.3) is 0 Å². The van der Waals surface area contributed by atoms with Crippen LogP contribution in [0.4, 0.5) is 4.39 Å². The Labute approximate surface area is 116 Å². The summed E-state index contributed by atoms with van der Waals surface area (Å²) >= 11 is 0. The second kappa shape index (κ2) is 6.39. The lowest BCUT2D eigenvalue weighted by Crippen LogP contribution is -1.92. The van der Waals surface area contributed by atoms with Gasteiger partial charge in [-0.2, -0.15) is 5.10 Å². The van der Waals surface area contributed by atoms with Gasteiger partial charge in [-0.05, 0) is 42.5 Å². The molecule has 2 aromatic rings. The summed E-state index contributed by atoms with van der Waals surface area (Å²) in [5.74, 6) is 11.4. The van der Waals surface area contributed by atoms with Crippen molar-refractivity contribution < 1.29 is 9.13 Å². The quantitative estimate of drug-likeness (QED) is 0.394. The van der Waals surface area contributed by atoms with Crippen LogP contribution in [-0.4, -0.2) is 13.3 Å². The van der Waals surface area contributed by atoms with E-state index in [2.05, 4.69) is 16.9 Å². The summed E-state index contributed by atoms with van der Waals surface area (Å²) in [6.45, 7) is 0. The second-order valence-electron chi connectivity index (χ2n) is 3.99. The number of hydrogen-bond donors (Lipinski definition) is 1. The van der Waals surface area contributed by atoms with Crippen molar-refractivity contribution in [1.29, 1.82) is 0 Å². The smallest absolute Gasteiger partial charge is 0.124 e. The Hall–Kier alpha value is -2.80. The molecule has 0 amide bonds. The van der Waals surface area contributed by atoms with Crippen molar-refractivity contribution in [3.8, 4) is 17.6 Å². The molecule has 2 N–H and O–H groups in total. The van der Waals surface area contributed by atoms with Gasteiger partial charge in [-0.25, -0.2) is 4.39 Å². The number of benzene rings is 2. The van der Waals surface area contributed by atoms with Crippen LogP contribution in [0.1, 0.15) is 16.7 Å². The van der Waals surface area contributed by atoms with E-state index >= 15 is 0 Å². The van der Waals surface area contributed by atoms with Crippen molar-refractivity contribution in [2.45, 2.75) is 0 Å². The van der Waals surface area contributed by atoms with E-state index < -0.39 is 0 Å². The topological polar surface area (TPSA) is 47.6 Å². The number of nitrogens with two attached hydrogens (primary N) is 1. The van der Waals surface area contributed by atoms with Crippen LogP contribution in [-0.2, 0) is 0 Å². The fraction of sp³-hybridized carbons (Fsp3) is 0.0625. The second-order valence-corrected chi connectivity index (χ2v) is 3.99. The third-order valence-electron chi connectivity index (χ3n) is 2.66. The molecular weight excluding hydrogens is 255 g/mol. The SMILES string of the molecule is COc1ccc(C#Cc2cc(F)ccc2C=NN)cc1. The molecular formula is C16H13FN2O. The monoisotopic (exact) mass is 268 g/mol. The Kier molecular flexibility index (Phi) is 4.35. The van der Waals surface area contributed by atoms with Crippen LogP contribution in [0.2, 0.25) is 0 Å². The molecule has 0 aliphatic carbocycles. The minimum atomic E-state index is -0.349. The van der Waals surface area contributed by atoms with Gasteiger partial charge in [-0.3, -0.25) is 0 Å². The lowest BCUT2D eigenvalue weighted by molar-refractivity contribution is 0.415. The number of rotatable bonds is 2. The van der Waals surface area contributed by atoms with Crippen LogP contribution in [0, 0.1) is 17.7 Å². The maximum absolute atomic E-state index is 13.3. The van der Waals surface area contributed by atoms with Gasteiger partial charge in [0.15, 0.2) is 0 Å². The maximum atomic E-state index is 13.3. The molecule has 3 nitrogen and oxygen atoms in total. The number of ether oxygens (including phenoxy) is 1. The van der Waals surface area contributed by atoms with Gasteiger partial charge in [0.2, 0.25) is 0 Å². The normalized spacial score (nSPS) is 10.1. The Morgan fingerprint density at radius 3 is 2.55 bits per heavy atom. The Balaban J connectivity index is 2.33. The van der Waals surface area contributed by atoms with Gasteiger partial charge in [0.05, 0.1) is 13.3 Å². The first-order valence-corrected chi connectivity index (χ1v) is 5.92. The van der Waals surface area contributed by atoms with Crippen molar-refractivity contribution >= 4 is 6.21 Å². The van der Waals surface area contributed by atoms with Gasteiger partial charge in [0.25, 0.3) is 0 Å². The highest BCUT2D eigenvalue weighted by atomic mass is 19.1. The standard InChI is InChI=1S/C16H13FN2O/c1-20-16-8-3-12(4-9-16)2-5-13-10-15(17)7-6-14(13)11-19-18/h3-4,6-11H,18H2,1H3. The van der Waals surface area contributed by atoms with Crippen molar-refractivity contribution in [2.75, 3.05) is 7.11 Å². The molecule has 0 aromatic heterocycles. The maximum Gasteiger partial charge on any atom is 0.124 e. The van der Waals surface area contributed by atoms with Gasteiger partial charge in [-0.1, -0.05) is 11.8 Å². The van der Waals surface area contributed by atoms with E-state index in [1.54, 1.807) is 13.2 Å². The first-order valence-electron chi connectivity index (χ1n) is 5.92. The third-order valence-corrected chi connectivity index (χ3v) is 2.66. The van der Waals surface area contributed by atoms with Crippen LogP contribution in [0.5, 0.6) is 5.75 Å². The zero-order chi connectivity index (χ0) is 14.4. The molecule has 0 bridgehead atoms. The third kappa shape index (κ3) is 3.36. The lowest BCUT2D eigenvalue weighted by atomic mass is 10.1. The minimum Gasteiger partial charge on any atom is -0.497 e. The first-order chi connectivity index (χ1) is 9.72. The molecule has 0 saturated carbocycles. The molecule has 0 aliphatic rings. The van der Waals surface area contributed by atoms with Crippen LogP contribution >= 0.6 is 0 Å². The highest BCUT2D eigenvalue weighted by Gasteiger charge is 1.99. The van der Waals surface area contributed by atoms with Crippen molar-refractivity contribution in [2.24, 2.45) is 10.9 Å². The summed E-state index contributed by atoms with van der Waals surface area (Å²) in [6, 6.07) is 11.6. The lowest BCUT2D eigenvalue weighted by Gasteiger charge is -1.99.